The summed E-state index contributed by atoms with van der Waals surface area (Å²) in [5, 5.41) is 14.2. The molecule has 0 heterocycles. The Hall–Kier alpha value is -3.26. The van der Waals surface area contributed by atoms with Crippen molar-refractivity contribution in [2.24, 2.45) is 0 Å². The van der Waals surface area contributed by atoms with Crippen LogP contribution in [0.4, 0.5) is 11.4 Å². The van der Waals surface area contributed by atoms with Crippen molar-refractivity contribution < 1.29 is 24.2 Å². The molecule has 0 aliphatic carbocycles. The third kappa shape index (κ3) is 7.71. The largest absolute Gasteiger partial charge is 0.494 e. The molecule has 29 heavy (non-hydrogen) atoms. The Labute approximate surface area is 173 Å². The normalized spacial score (nSPS) is 10.9. The van der Waals surface area contributed by atoms with Crippen molar-refractivity contribution >= 4 is 40.9 Å². The molecule has 0 aromatic heterocycles. The molecule has 0 spiro atoms. The summed E-state index contributed by atoms with van der Waals surface area (Å²) in [5.74, 6) is -0.804. The number of carbonyl (C=O) groups is 3. The highest BCUT2D eigenvalue weighted by atomic mass is 32.2. The number of ether oxygens (including phenoxy) is 1. The van der Waals surface area contributed by atoms with Gasteiger partial charge in [0, 0.05) is 27.9 Å². The lowest BCUT2D eigenvalue weighted by Gasteiger charge is -2.08. The number of benzene rings is 2. The molecule has 3 N–H and O–H groups in total. The molecule has 0 aliphatic heterocycles. The van der Waals surface area contributed by atoms with Gasteiger partial charge in [-0.3, -0.25) is 9.59 Å². The SMILES string of the molecule is CCOc1ccc(NC(=O)CSc2ccc(NC(=O)/C=C(/C)C(=O)O)cc2)cc1. The molecule has 152 valence electrons. The number of carbonyl (C=O) groups excluding carboxylic acids is 2. The number of hydrogen-bond acceptors (Lipinski definition) is 5. The third-order valence-electron chi connectivity index (χ3n) is 3.63. The highest BCUT2D eigenvalue weighted by molar-refractivity contribution is 8.00. The number of anilines is 2. The summed E-state index contributed by atoms with van der Waals surface area (Å²) < 4.78 is 5.36. The fraction of sp³-hybridized carbons (Fsp3) is 0.190. The van der Waals surface area contributed by atoms with Gasteiger partial charge in [0.1, 0.15) is 5.75 Å². The van der Waals surface area contributed by atoms with Crippen LogP contribution in [0.3, 0.4) is 0 Å². The molecular weight excluding hydrogens is 392 g/mol. The molecule has 7 nitrogen and oxygen atoms in total. The van der Waals surface area contributed by atoms with Gasteiger partial charge in [-0.15, -0.1) is 11.8 Å². The molecule has 0 atom stereocenters. The van der Waals surface area contributed by atoms with E-state index in [2.05, 4.69) is 10.6 Å². The Morgan fingerprint density at radius 2 is 1.59 bits per heavy atom. The molecule has 0 saturated carbocycles. The molecule has 2 amide bonds. The van der Waals surface area contributed by atoms with Crippen LogP contribution in [0.1, 0.15) is 13.8 Å². The van der Waals surface area contributed by atoms with Gasteiger partial charge in [0.25, 0.3) is 0 Å². The van der Waals surface area contributed by atoms with Crippen LogP contribution in [-0.2, 0) is 14.4 Å². The maximum Gasteiger partial charge on any atom is 0.331 e. The smallest absolute Gasteiger partial charge is 0.331 e. The zero-order chi connectivity index (χ0) is 21.2. The van der Waals surface area contributed by atoms with Gasteiger partial charge in [0.05, 0.1) is 12.4 Å². The molecule has 0 aliphatic rings. The fourth-order valence-electron chi connectivity index (χ4n) is 2.22. The number of amides is 2. The lowest BCUT2D eigenvalue weighted by Crippen LogP contribution is -2.13. The van der Waals surface area contributed by atoms with E-state index < -0.39 is 11.9 Å². The van der Waals surface area contributed by atoms with Gasteiger partial charge in [0.2, 0.25) is 11.8 Å². The minimum Gasteiger partial charge on any atom is -0.494 e. The molecule has 0 saturated heterocycles. The van der Waals surface area contributed by atoms with Crippen LogP contribution in [0, 0.1) is 0 Å². The summed E-state index contributed by atoms with van der Waals surface area (Å²) >= 11 is 1.36. The predicted octanol–water partition coefficient (Wildman–Crippen LogP) is 3.79. The third-order valence-corrected chi connectivity index (χ3v) is 4.64. The highest BCUT2D eigenvalue weighted by Crippen LogP contribution is 2.21. The van der Waals surface area contributed by atoms with E-state index in [4.69, 9.17) is 9.84 Å². The molecule has 2 aromatic carbocycles. The molecule has 0 bridgehead atoms. The summed E-state index contributed by atoms with van der Waals surface area (Å²) in [4.78, 5) is 35.4. The van der Waals surface area contributed by atoms with E-state index in [0.29, 0.717) is 18.0 Å². The minimum absolute atomic E-state index is 0.0479. The summed E-state index contributed by atoms with van der Waals surface area (Å²) in [6.07, 6.45) is 1.02. The van der Waals surface area contributed by atoms with Gasteiger partial charge in [-0.05, 0) is 62.4 Å². The van der Waals surface area contributed by atoms with E-state index in [1.807, 2.05) is 6.92 Å². The minimum atomic E-state index is -1.14. The van der Waals surface area contributed by atoms with Crippen LogP contribution in [0.2, 0.25) is 0 Å². The first kappa shape index (κ1) is 22.0. The second-order valence-corrected chi connectivity index (χ2v) is 6.99. The van der Waals surface area contributed by atoms with Gasteiger partial charge in [-0.1, -0.05) is 0 Å². The standard InChI is InChI=1S/C21H22N2O5S/c1-3-28-17-8-4-15(5-9-17)23-20(25)13-29-18-10-6-16(7-11-18)22-19(24)12-14(2)21(26)27/h4-12H,3,13H2,1-2H3,(H,22,24)(H,23,25)(H,26,27)/b14-12-. The number of hydrogen-bond donors (Lipinski definition) is 3. The Morgan fingerprint density at radius 1 is 1.00 bits per heavy atom. The zero-order valence-corrected chi connectivity index (χ0v) is 16.9. The molecule has 0 fully saturated rings. The van der Waals surface area contributed by atoms with Crippen LogP contribution in [0.25, 0.3) is 0 Å². The van der Waals surface area contributed by atoms with Crippen molar-refractivity contribution in [2.75, 3.05) is 23.0 Å². The first-order chi connectivity index (χ1) is 13.9. The quantitative estimate of drug-likeness (QED) is 0.426. The highest BCUT2D eigenvalue weighted by Gasteiger charge is 2.06. The van der Waals surface area contributed by atoms with Crippen molar-refractivity contribution in [1.29, 1.82) is 0 Å². The average molecular weight is 414 g/mol. The topological polar surface area (TPSA) is 105 Å². The molecule has 2 rings (SSSR count). The summed E-state index contributed by atoms with van der Waals surface area (Å²) in [6, 6.07) is 14.1. The van der Waals surface area contributed by atoms with Crippen molar-refractivity contribution in [1.82, 2.24) is 0 Å². The maximum atomic E-state index is 12.1. The lowest BCUT2D eigenvalue weighted by atomic mass is 10.2. The second-order valence-electron chi connectivity index (χ2n) is 5.94. The molecule has 0 unspecified atom stereocenters. The van der Waals surface area contributed by atoms with Crippen LogP contribution in [0.15, 0.2) is 65.1 Å². The van der Waals surface area contributed by atoms with E-state index in [-0.39, 0.29) is 17.2 Å². The van der Waals surface area contributed by atoms with Crippen LogP contribution >= 0.6 is 11.8 Å². The number of carboxylic acids is 1. The maximum absolute atomic E-state index is 12.1. The lowest BCUT2D eigenvalue weighted by molar-refractivity contribution is -0.132. The van der Waals surface area contributed by atoms with Crippen molar-refractivity contribution in [2.45, 2.75) is 18.7 Å². The first-order valence-corrected chi connectivity index (χ1v) is 9.84. The van der Waals surface area contributed by atoms with Crippen LogP contribution in [0.5, 0.6) is 5.75 Å². The molecule has 0 radical (unpaired) electrons. The van der Waals surface area contributed by atoms with Crippen LogP contribution in [-0.4, -0.2) is 35.2 Å². The van der Waals surface area contributed by atoms with Gasteiger partial charge in [-0.2, -0.15) is 0 Å². The monoisotopic (exact) mass is 414 g/mol. The molecular formula is C21H22N2O5S. The van der Waals surface area contributed by atoms with Gasteiger partial charge in [-0.25, -0.2) is 4.79 Å². The summed E-state index contributed by atoms with van der Waals surface area (Å²) in [6.45, 7) is 3.84. The number of thioether (sulfide) groups is 1. The first-order valence-electron chi connectivity index (χ1n) is 8.85. The van der Waals surface area contributed by atoms with E-state index in [1.165, 1.54) is 18.7 Å². The number of aliphatic carboxylic acids is 1. The van der Waals surface area contributed by atoms with Gasteiger partial charge >= 0.3 is 5.97 Å². The number of carboxylic acid groups (broad SMARTS) is 1. The van der Waals surface area contributed by atoms with Crippen molar-refractivity contribution in [3.05, 3.63) is 60.2 Å². The Morgan fingerprint density at radius 3 is 2.17 bits per heavy atom. The van der Waals surface area contributed by atoms with E-state index >= 15 is 0 Å². The number of rotatable bonds is 9. The average Bonchev–Trinajstić information content (AvgIpc) is 2.69. The summed E-state index contributed by atoms with van der Waals surface area (Å²) in [7, 11) is 0. The van der Waals surface area contributed by atoms with Crippen LogP contribution < -0.4 is 15.4 Å². The fourth-order valence-corrected chi connectivity index (χ4v) is 2.92. The van der Waals surface area contributed by atoms with Crippen molar-refractivity contribution in [3.63, 3.8) is 0 Å². The molecule has 2 aromatic rings. The summed E-state index contributed by atoms with van der Waals surface area (Å²) in [5.41, 5.74) is 1.18. The van der Waals surface area contributed by atoms with Crippen molar-refractivity contribution in [3.8, 4) is 5.75 Å². The molecule has 8 heteroatoms. The van der Waals surface area contributed by atoms with Gasteiger partial charge in [0.15, 0.2) is 0 Å². The Balaban J connectivity index is 1.82. The number of nitrogens with one attached hydrogen (secondary N) is 2. The van der Waals surface area contributed by atoms with E-state index in [9.17, 15) is 14.4 Å². The van der Waals surface area contributed by atoms with Gasteiger partial charge < -0.3 is 20.5 Å². The predicted molar refractivity (Wildman–Crippen MR) is 113 cm³/mol. The van der Waals surface area contributed by atoms with E-state index in [0.717, 1.165) is 16.7 Å². The zero-order valence-electron chi connectivity index (χ0n) is 16.1. The second kappa shape index (κ2) is 10.9. The Bertz CT molecular complexity index is 892. The van der Waals surface area contributed by atoms with E-state index in [1.54, 1.807) is 48.5 Å². The Kier molecular flexibility index (Phi) is 8.29.